The number of carbonyl (C=O) groups excluding carboxylic acids is 2. The van der Waals surface area contributed by atoms with Crippen molar-refractivity contribution >= 4 is 22.8 Å². The quantitative estimate of drug-likeness (QED) is 0.652. The highest BCUT2D eigenvalue weighted by Gasteiger charge is 2.28. The number of nitrogens with zero attached hydrogens (tertiary/aromatic N) is 4. The van der Waals surface area contributed by atoms with Crippen LogP contribution in [-0.4, -0.2) is 58.2 Å². The summed E-state index contributed by atoms with van der Waals surface area (Å²) >= 11 is 0. The molecule has 8 nitrogen and oxygen atoms in total. The SMILES string of the molecule is CCCCNC(=O)C1CCCN(C(=O)CCc2c(C)nc3c(c(OC)nn3C)c2C)C1. The van der Waals surface area contributed by atoms with Crippen LogP contribution in [0.4, 0.5) is 0 Å². The van der Waals surface area contributed by atoms with Crippen LogP contribution in [0.2, 0.25) is 0 Å². The Bertz CT molecular complexity index is 953. The van der Waals surface area contributed by atoms with Gasteiger partial charge in [0, 0.05) is 38.8 Å². The van der Waals surface area contributed by atoms with Gasteiger partial charge in [-0.15, -0.1) is 5.10 Å². The number of fused-ring (bicyclic) bond motifs is 1. The summed E-state index contributed by atoms with van der Waals surface area (Å²) < 4.78 is 7.15. The van der Waals surface area contributed by atoms with Gasteiger partial charge in [0.1, 0.15) is 0 Å². The Morgan fingerprint density at radius 2 is 2.06 bits per heavy atom. The van der Waals surface area contributed by atoms with Crippen molar-refractivity contribution in [1.29, 1.82) is 0 Å². The molecule has 0 saturated carbocycles. The van der Waals surface area contributed by atoms with Crippen LogP contribution in [0.3, 0.4) is 0 Å². The second kappa shape index (κ2) is 10.1. The monoisotopic (exact) mass is 429 g/mol. The van der Waals surface area contributed by atoms with Gasteiger partial charge < -0.3 is 15.0 Å². The van der Waals surface area contributed by atoms with Crippen molar-refractivity contribution in [3.63, 3.8) is 0 Å². The van der Waals surface area contributed by atoms with E-state index in [9.17, 15) is 9.59 Å². The van der Waals surface area contributed by atoms with E-state index in [1.807, 2.05) is 25.8 Å². The first-order valence-electron chi connectivity index (χ1n) is 11.3. The van der Waals surface area contributed by atoms with E-state index in [-0.39, 0.29) is 17.7 Å². The first-order chi connectivity index (χ1) is 14.9. The van der Waals surface area contributed by atoms with Gasteiger partial charge in [-0.3, -0.25) is 9.59 Å². The Labute approximate surface area is 184 Å². The van der Waals surface area contributed by atoms with Gasteiger partial charge in [-0.2, -0.15) is 0 Å². The summed E-state index contributed by atoms with van der Waals surface area (Å²) in [6.45, 7) is 8.08. The fourth-order valence-corrected chi connectivity index (χ4v) is 4.45. The second-order valence-electron chi connectivity index (χ2n) is 8.46. The third-order valence-corrected chi connectivity index (χ3v) is 6.28. The van der Waals surface area contributed by atoms with Gasteiger partial charge in [0.15, 0.2) is 5.65 Å². The van der Waals surface area contributed by atoms with Crippen LogP contribution in [0.25, 0.3) is 11.0 Å². The lowest BCUT2D eigenvalue weighted by atomic mass is 9.95. The number of ether oxygens (including phenoxy) is 1. The van der Waals surface area contributed by atoms with Gasteiger partial charge in [-0.05, 0) is 50.7 Å². The molecule has 3 rings (SSSR count). The minimum Gasteiger partial charge on any atom is -0.479 e. The van der Waals surface area contributed by atoms with Crippen molar-refractivity contribution < 1.29 is 14.3 Å². The molecule has 8 heteroatoms. The minimum atomic E-state index is -0.101. The van der Waals surface area contributed by atoms with E-state index in [1.165, 1.54) is 0 Å². The maximum Gasteiger partial charge on any atom is 0.242 e. The van der Waals surface area contributed by atoms with Gasteiger partial charge in [0.2, 0.25) is 17.7 Å². The molecule has 1 fully saturated rings. The van der Waals surface area contributed by atoms with E-state index < -0.39 is 0 Å². The van der Waals surface area contributed by atoms with Crippen molar-refractivity contribution in [2.45, 2.75) is 59.3 Å². The van der Waals surface area contributed by atoms with Gasteiger partial charge >= 0.3 is 0 Å². The molecule has 1 atom stereocenters. The zero-order valence-corrected chi connectivity index (χ0v) is 19.5. The number of hydrogen-bond donors (Lipinski definition) is 1. The molecule has 1 saturated heterocycles. The van der Waals surface area contributed by atoms with Crippen LogP contribution in [0, 0.1) is 19.8 Å². The molecular weight excluding hydrogens is 394 g/mol. The molecule has 1 unspecified atom stereocenters. The van der Waals surface area contributed by atoms with Crippen molar-refractivity contribution in [2.75, 3.05) is 26.7 Å². The van der Waals surface area contributed by atoms with Crippen LogP contribution in [0.1, 0.15) is 55.8 Å². The van der Waals surface area contributed by atoms with Gasteiger partial charge in [0.05, 0.1) is 18.4 Å². The number of pyridine rings is 1. The third kappa shape index (κ3) is 4.99. The number of aromatic nitrogens is 3. The highest BCUT2D eigenvalue weighted by atomic mass is 16.5. The molecule has 0 aliphatic carbocycles. The summed E-state index contributed by atoms with van der Waals surface area (Å²) in [5.41, 5.74) is 3.83. The van der Waals surface area contributed by atoms with Gasteiger partial charge in [-0.1, -0.05) is 13.3 Å². The fraction of sp³-hybridized carbons (Fsp3) is 0.652. The Balaban J connectivity index is 1.66. The number of hydrogen-bond acceptors (Lipinski definition) is 5. The molecule has 0 radical (unpaired) electrons. The molecule has 2 aromatic rings. The fourth-order valence-electron chi connectivity index (χ4n) is 4.45. The normalized spacial score (nSPS) is 16.5. The van der Waals surface area contributed by atoms with Crippen molar-refractivity contribution in [2.24, 2.45) is 13.0 Å². The molecule has 1 aliphatic heterocycles. The van der Waals surface area contributed by atoms with Crippen LogP contribution in [0.5, 0.6) is 5.88 Å². The number of rotatable bonds is 8. The molecule has 0 spiro atoms. The van der Waals surface area contributed by atoms with E-state index in [4.69, 9.17) is 9.72 Å². The summed E-state index contributed by atoms with van der Waals surface area (Å²) in [7, 11) is 3.46. The molecule has 170 valence electrons. The molecule has 1 aliphatic rings. The van der Waals surface area contributed by atoms with E-state index in [2.05, 4.69) is 17.3 Å². The highest BCUT2D eigenvalue weighted by molar-refractivity contribution is 5.86. The molecular formula is C23H35N5O3. The Morgan fingerprint density at radius 3 is 2.77 bits per heavy atom. The molecule has 0 aromatic carbocycles. The molecule has 2 aromatic heterocycles. The lowest BCUT2D eigenvalue weighted by molar-refractivity contribution is -0.135. The summed E-state index contributed by atoms with van der Waals surface area (Å²) in [6.07, 6.45) is 4.78. The second-order valence-corrected chi connectivity index (χ2v) is 8.46. The Kier molecular flexibility index (Phi) is 7.51. The number of methoxy groups -OCH3 is 1. The smallest absolute Gasteiger partial charge is 0.242 e. The summed E-state index contributed by atoms with van der Waals surface area (Å²) in [5.74, 6) is 0.637. The standard InChI is InChI=1S/C23H35N5O3/c1-6-7-12-24-22(30)17-9-8-13-28(14-17)19(29)11-10-18-15(2)20-21(25-16(18)3)27(4)26-23(20)31-5/h17H,6-14H2,1-5H3,(H,24,30). The van der Waals surface area contributed by atoms with Crippen LogP contribution in [-0.2, 0) is 23.1 Å². The van der Waals surface area contributed by atoms with Crippen molar-refractivity contribution in [1.82, 2.24) is 25.0 Å². The predicted molar refractivity (Wildman–Crippen MR) is 120 cm³/mol. The summed E-state index contributed by atoms with van der Waals surface area (Å²) in [5, 5.41) is 8.30. The van der Waals surface area contributed by atoms with Crippen molar-refractivity contribution in [3.05, 3.63) is 16.8 Å². The lowest BCUT2D eigenvalue weighted by Gasteiger charge is -2.32. The molecule has 1 N–H and O–H groups in total. The molecule has 0 bridgehead atoms. The van der Waals surface area contributed by atoms with Crippen LogP contribution < -0.4 is 10.1 Å². The summed E-state index contributed by atoms with van der Waals surface area (Å²) in [6, 6.07) is 0. The zero-order valence-electron chi connectivity index (χ0n) is 19.5. The summed E-state index contributed by atoms with van der Waals surface area (Å²) in [4.78, 5) is 31.9. The number of aryl methyl sites for hydroxylation is 3. The number of amides is 2. The molecule has 2 amide bonds. The number of unbranched alkanes of at least 4 members (excludes halogenated alkanes) is 1. The largest absolute Gasteiger partial charge is 0.479 e. The average molecular weight is 430 g/mol. The van der Waals surface area contributed by atoms with E-state index >= 15 is 0 Å². The minimum absolute atomic E-state index is 0.0796. The topological polar surface area (TPSA) is 89.3 Å². The Hall–Kier alpha value is -2.64. The Morgan fingerprint density at radius 1 is 1.29 bits per heavy atom. The first kappa shape index (κ1) is 23.0. The first-order valence-corrected chi connectivity index (χ1v) is 11.3. The van der Waals surface area contributed by atoms with E-state index in [0.29, 0.717) is 31.8 Å². The van der Waals surface area contributed by atoms with E-state index in [0.717, 1.165) is 60.1 Å². The van der Waals surface area contributed by atoms with Crippen LogP contribution >= 0.6 is 0 Å². The molecule has 3 heterocycles. The number of nitrogens with one attached hydrogen (secondary N) is 1. The van der Waals surface area contributed by atoms with Crippen LogP contribution in [0.15, 0.2) is 0 Å². The highest BCUT2D eigenvalue weighted by Crippen LogP contribution is 2.30. The average Bonchev–Trinajstić information content (AvgIpc) is 3.09. The number of carbonyl (C=O) groups is 2. The maximum absolute atomic E-state index is 12.9. The number of piperidine rings is 1. The van der Waals surface area contributed by atoms with Gasteiger partial charge in [-0.25, -0.2) is 9.67 Å². The third-order valence-electron chi connectivity index (χ3n) is 6.28. The maximum atomic E-state index is 12.9. The van der Waals surface area contributed by atoms with Crippen molar-refractivity contribution in [3.8, 4) is 5.88 Å². The lowest BCUT2D eigenvalue weighted by Crippen LogP contribution is -2.45. The zero-order chi connectivity index (χ0) is 22.5. The molecule has 31 heavy (non-hydrogen) atoms. The van der Waals surface area contributed by atoms with Gasteiger partial charge in [0.25, 0.3) is 0 Å². The number of likely N-dealkylation sites (tertiary alicyclic amines) is 1. The predicted octanol–water partition coefficient (Wildman–Crippen LogP) is 2.68. The van der Waals surface area contributed by atoms with E-state index in [1.54, 1.807) is 11.8 Å².